The summed E-state index contributed by atoms with van der Waals surface area (Å²) < 4.78 is 37.6. The fraction of sp³-hybridized carbons (Fsp3) is 0.0952. The molecule has 0 radical (unpaired) electrons. The molecule has 4 aromatic rings. The van der Waals surface area contributed by atoms with E-state index in [4.69, 9.17) is 9.47 Å². The fourth-order valence-electron chi connectivity index (χ4n) is 3.07. The Hall–Kier alpha value is -3.32. The van der Waals surface area contributed by atoms with Crippen LogP contribution in [-0.4, -0.2) is 31.6 Å². The molecule has 142 valence electrons. The van der Waals surface area contributed by atoms with E-state index >= 15 is 0 Å². The molecule has 0 N–H and O–H groups in total. The van der Waals surface area contributed by atoms with Gasteiger partial charge in [-0.25, -0.2) is 17.4 Å². The van der Waals surface area contributed by atoms with E-state index in [2.05, 4.69) is 4.98 Å². The summed E-state index contributed by atoms with van der Waals surface area (Å²) in [5.41, 5.74) is 2.13. The molecule has 0 saturated carbocycles. The van der Waals surface area contributed by atoms with Gasteiger partial charge in [-0.05, 0) is 42.0 Å². The van der Waals surface area contributed by atoms with Gasteiger partial charge in [0, 0.05) is 23.3 Å². The van der Waals surface area contributed by atoms with Gasteiger partial charge in [0.25, 0.3) is 10.0 Å². The van der Waals surface area contributed by atoms with Crippen LogP contribution in [0.4, 0.5) is 0 Å². The lowest BCUT2D eigenvalue weighted by molar-refractivity contribution is 0.355. The number of nitrogens with zero attached hydrogens (tertiary/aromatic N) is 2. The maximum Gasteiger partial charge on any atom is 0.269 e. The van der Waals surface area contributed by atoms with Crippen LogP contribution in [0.3, 0.4) is 0 Å². The van der Waals surface area contributed by atoms with Crippen molar-refractivity contribution >= 4 is 21.1 Å². The van der Waals surface area contributed by atoms with Gasteiger partial charge >= 0.3 is 0 Å². The minimum Gasteiger partial charge on any atom is -0.493 e. The Morgan fingerprint density at radius 2 is 1.61 bits per heavy atom. The SMILES string of the molecule is COc1ccc(-c2cnc3c(ccn3S(=O)(=O)c3ccccc3)c2)cc1OC. The highest BCUT2D eigenvalue weighted by Gasteiger charge is 2.19. The third-order valence-electron chi connectivity index (χ3n) is 4.51. The van der Waals surface area contributed by atoms with Crippen LogP contribution < -0.4 is 9.47 Å². The molecule has 0 amide bonds. The summed E-state index contributed by atoms with van der Waals surface area (Å²) in [6.07, 6.45) is 3.18. The molecular weight excluding hydrogens is 376 g/mol. The Morgan fingerprint density at radius 3 is 2.32 bits per heavy atom. The van der Waals surface area contributed by atoms with E-state index < -0.39 is 10.0 Å². The zero-order chi connectivity index (χ0) is 19.7. The average Bonchev–Trinajstić information content (AvgIpc) is 3.18. The first-order chi connectivity index (χ1) is 13.5. The zero-order valence-corrected chi connectivity index (χ0v) is 16.2. The number of hydrogen-bond acceptors (Lipinski definition) is 5. The van der Waals surface area contributed by atoms with Crippen molar-refractivity contribution in [3.8, 4) is 22.6 Å². The van der Waals surface area contributed by atoms with Gasteiger partial charge in [0.1, 0.15) is 0 Å². The number of fused-ring (bicyclic) bond motifs is 1. The van der Waals surface area contributed by atoms with Crippen molar-refractivity contribution in [3.63, 3.8) is 0 Å². The first kappa shape index (κ1) is 18.1. The van der Waals surface area contributed by atoms with Gasteiger partial charge in [0.05, 0.1) is 19.1 Å². The molecular formula is C21H18N2O4S. The Bertz CT molecular complexity index is 1250. The molecule has 0 aliphatic carbocycles. The molecule has 6 nitrogen and oxygen atoms in total. The second-order valence-electron chi connectivity index (χ2n) is 6.14. The van der Waals surface area contributed by atoms with E-state index in [-0.39, 0.29) is 4.90 Å². The fourth-order valence-corrected chi connectivity index (χ4v) is 4.40. The molecule has 28 heavy (non-hydrogen) atoms. The van der Waals surface area contributed by atoms with Crippen LogP contribution in [0.25, 0.3) is 22.2 Å². The molecule has 0 fully saturated rings. The summed E-state index contributed by atoms with van der Waals surface area (Å²) in [4.78, 5) is 4.64. The van der Waals surface area contributed by atoms with Gasteiger partial charge in [0.2, 0.25) is 0 Å². The van der Waals surface area contributed by atoms with Crippen LogP contribution in [0.2, 0.25) is 0 Å². The quantitative estimate of drug-likeness (QED) is 0.512. The van der Waals surface area contributed by atoms with Gasteiger partial charge < -0.3 is 9.47 Å². The normalized spacial score (nSPS) is 11.5. The summed E-state index contributed by atoms with van der Waals surface area (Å²) in [5, 5.41) is 0.729. The molecule has 0 saturated heterocycles. The summed E-state index contributed by atoms with van der Waals surface area (Å²) in [6, 6.07) is 17.5. The zero-order valence-electron chi connectivity index (χ0n) is 15.4. The number of pyridine rings is 1. The Balaban J connectivity index is 1.79. The van der Waals surface area contributed by atoms with E-state index in [9.17, 15) is 8.42 Å². The number of rotatable bonds is 5. The lowest BCUT2D eigenvalue weighted by Crippen LogP contribution is -2.12. The third-order valence-corrected chi connectivity index (χ3v) is 6.19. The molecule has 0 bridgehead atoms. The number of benzene rings is 2. The number of hydrogen-bond donors (Lipinski definition) is 0. The lowest BCUT2D eigenvalue weighted by Gasteiger charge is -2.10. The van der Waals surface area contributed by atoms with Gasteiger partial charge in [-0.3, -0.25) is 0 Å². The van der Waals surface area contributed by atoms with Crippen molar-refractivity contribution in [2.45, 2.75) is 4.90 Å². The van der Waals surface area contributed by atoms with Crippen molar-refractivity contribution in [2.75, 3.05) is 14.2 Å². The standard InChI is InChI=1S/C21H18N2O4S/c1-26-19-9-8-15(13-20(19)27-2)17-12-16-10-11-23(21(16)22-14-17)28(24,25)18-6-4-3-5-7-18/h3-14H,1-2H3. The summed E-state index contributed by atoms with van der Waals surface area (Å²) in [7, 11) is -0.536. The second kappa shape index (κ2) is 7.01. The highest BCUT2D eigenvalue weighted by atomic mass is 32.2. The first-order valence-corrected chi connectivity index (χ1v) is 9.99. The summed E-state index contributed by atoms with van der Waals surface area (Å²) in [6.45, 7) is 0. The molecule has 0 atom stereocenters. The monoisotopic (exact) mass is 394 g/mol. The number of aromatic nitrogens is 2. The minimum atomic E-state index is -3.70. The Labute approximate surface area is 163 Å². The van der Waals surface area contributed by atoms with Crippen LogP contribution in [0, 0.1) is 0 Å². The van der Waals surface area contributed by atoms with E-state index in [1.165, 1.54) is 10.2 Å². The number of ether oxygens (including phenoxy) is 2. The van der Waals surface area contributed by atoms with Crippen LogP contribution in [0.15, 0.2) is 78.0 Å². The van der Waals surface area contributed by atoms with Gasteiger partial charge in [-0.1, -0.05) is 24.3 Å². The highest BCUT2D eigenvalue weighted by Crippen LogP contribution is 2.33. The topological polar surface area (TPSA) is 70.4 Å². The molecule has 4 rings (SSSR count). The highest BCUT2D eigenvalue weighted by molar-refractivity contribution is 7.90. The van der Waals surface area contributed by atoms with Crippen LogP contribution in [-0.2, 0) is 10.0 Å². The van der Waals surface area contributed by atoms with Gasteiger partial charge in [0.15, 0.2) is 17.1 Å². The predicted octanol–water partition coefficient (Wildman–Crippen LogP) is 3.96. The molecule has 2 aromatic carbocycles. The van der Waals surface area contributed by atoms with Gasteiger partial charge in [-0.2, -0.15) is 0 Å². The van der Waals surface area contributed by atoms with E-state index in [0.717, 1.165) is 16.5 Å². The largest absolute Gasteiger partial charge is 0.493 e. The van der Waals surface area contributed by atoms with Crippen LogP contribution in [0.1, 0.15) is 0 Å². The van der Waals surface area contributed by atoms with E-state index in [0.29, 0.717) is 17.1 Å². The average molecular weight is 394 g/mol. The van der Waals surface area contributed by atoms with E-state index in [1.807, 2.05) is 24.3 Å². The molecule has 0 unspecified atom stereocenters. The molecule has 0 spiro atoms. The molecule has 0 aliphatic rings. The molecule has 2 aromatic heterocycles. The van der Waals surface area contributed by atoms with Crippen molar-refractivity contribution in [2.24, 2.45) is 0 Å². The molecule has 2 heterocycles. The summed E-state index contributed by atoms with van der Waals surface area (Å²) in [5.74, 6) is 1.25. The smallest absolute Gasteiger partial charge is 0.269 e. The summed E-state index contributed by atoms with van der Waals surface area (Å²) >= 11 is 0. The van der Waals surface area contributed by atoms with Crippen molar-refractivity contribution in [1.82, 2.24) is 8.96 Å². The maximum absolute atomic E-state index is 12.9. The van der Waals surface area contributed by atoms with Crippen LogP contribution in [0.5, 0.6) is 11.5 Å². The lowest BCUT2D eigenvalue weighted by atomic mass is 10.1. The Kier molecular flexibility index (Phi) is 4.52. The number of methoxy groups -OCH3 is 2. The van der Waals surface area contributed by atoms with E-state index in [1.54, 1.807) is 56.8 Å². The van der Waals surface area contributed by atoms with Gasteiger partial charge in [-0.15, -0.1) is 0 Å². The molecule has 7 heteroatoms. The maximum atomic E-state index is 12.9. The first-order valence-electron chi connectivity index (χ1n) is 8.55. The predicted molar refractivity (Wildman–Crippen MR) is 107 cm³/mol. The minimum absolute atomic E-state index is 0.221. The van der Waals surface area contributed by atoms with Crippen molar-refractivity contribution < 1.29 is 17.9 Å². The third kappa shape index (κ3) is 2.99. The Morgan fingerprint density at radius 1 is 0.857 bits per heavy atom. The van der Waals surface area contributed by atoms with Crippen LogP contribution >= 0.6 is 0 Å². The van der Waals surface area contributed by atoms with Crippen molar-refractivity contribution in [3.05, 3.63) is 73.1 Å². The molecule has 0 aliphatic heterocycles. The second-order valence-corrected chi connectivity index (χ2v) is 7.95. The van der Waals surface area contributed by atoms with Crippen molar-refractivity contribution in [1.29, 1.82) is 0 Å².